The third kappa shape index (κ3) is 3.51. The maximum Gasteiger partial charge on any atom is 0.259 e. The van der Waals surface area contributed by atoms with Gasteiger partial charge in [-0.05, 0) is 41.5 Å². The lowest BCUT2D eigenvalue weighted by Crippen LogP contribution is -2.11. The molecule has 132 valence electrons. The summed E-state index contributed by atoms with van der Waals surface area (Å²) in [5.74, 6) is 1.34. The van der Waals surface area contributed by atoms with Crippen molar-refractivity contribution in [2.45, 2.75) is 0 Å². The van der Waals surface area contributed by atoms with Crippen LogP contribution in [0.2, 0.25) is 0 Å². The molecular formula is C23H18N2O2. The highest BCUT2D eigenvalue weighted by Gasteiger charge is 2.10. The van der Waals surface area contributed by atoms with Crippen LogP contribution in [0.25, 0.3) is 22.6 Å². The van der Waals surface area contributed by atoms with Crippen molar-refractivity contribution < 1.29 is 4.74 Å². The van der Waals surface area contributed by atoms with E-state index in [1.54, 1.807) is 13.2 Å². The molecule has 0 aliphatic rings. The largest absolute Gasteiger partial charge is 0.497 e. The molecule has 0 spiro atoms. The first kappa shape index (κ1) is 16.8. The first-order valence-corrected chi connectivity index (χ1v) is 8.65. The van der Waals surface area contributed by atoms with Crippen LogP contribution in [0.5, 0.6) is 5.75 Å². The third-order valence-corrected chi connectivity index (χ3v) is 4.38. The van der Waals surface area contributed by atoms with E-state index >= 15 is 0 Å². The molecular weight excluding hydrogens is 336 g/mol. The molecule has 27 heavy (non-hydrogen) atoms. The number of nitrogens with zero attached hydrogens (tertiary/aromatic N) is 1. The van der Waals surface area contributed by atoms with E-state index in [0.29, 0.717) is 16.7 Å². The molecule has 0 saturated heterocycles. The second-order valence-corrected chi connectivity index (χ2v) is 6.13. The Labute approximate surface area is 156 Å². The van der Waals surface area contributed by atoms with E-state index in [1.165, 1.54) is 0 Å². The van der Waals surface area contributed by atoms with Crippen molar-refractivity contribution in [3.05, 3.63) is 106 Å². The summed E-state index contributed by atoms with van der Waals surface area (Å²) in [6, 6.07) is 25.0. The molecule has 0 aliphatic heterocycles. The zero-order chi connectivity index (χ0) is 18.6. The lowest BCUT2D eigenvalue weighted by atomic mass is 10.0. The van der Waals surface area contributed by atoms with Gasteiger partial charge in [0.2, 0.25) is 0 Å². The summed E-state index contributed by atoms with van der Waals surface area (Å²) in [7, 11) is 1.64. The number of benzene rings is 3. The average molecular weight is 354 g/mol. The number of rotatable bonds is 4. The highest BCUT2D eigenvalue weighted by atomic mass is 16.5. The Morgan fingerprint density at radius 2 is 1.63 bits per heavy atom. The van der Waals surface area contributed by atoms with Gasteiger partial charge in [-0.15, -0.1) is 0 Å². The zero-order valence-corrected chi connectivity index (χ0v) is 14.8. The van der Waals surface area contributed by atoms with Crippen LogP contribution >= 0.6 is 0 Å². The molecule has 4 aromatic rings. The number of aromatic amines is 1. The smallest absolute Gasteiger partial charge is 0.259 e. The van der Waals surface area contributed by atoms with Gasteiger partial charge in [-0.25, -0.2) is 4.98 Å². The average Bonchev–Trinajstić information content (AvgIpc) is 2.73. The molecule has 0 unspecified atom stereocenters. The van der Waals surface area contributed by atoms with Crippen LogP contribution in [0.4, 0.5) is 0 Å². The summed E-state index contributed by atoms with van der Waals surface area (Å²) in [6.45, 7) is 0. The van der Waals surface area contributed by atoms with E-state index in [0.717, 1.165) is 22.4 Å². The van der Waals surface area contributed by atoms with Crippen LogP contribution in [0.3, 0.4) is 0 Å². The molecule has 1 N–H and O–H groups in total. The van der Waals surface area contributed by atoms with Gasteiger partial charge in [0, 0.05) is 5.57 Å². The Morgan fingerprint density at radius 1 is 0.926 bits per heavy atom. The van der Waals surface area contributed by atoms with Gasteiger partial charge in [0.1, 0.15) is 11.6 Å². The predicted octanol–water partition coefficient (Wildman–Crippen LogP) is 4.52. The van der Waals surface area contributed by atoms with Gasteiger partial charge in [-0.1, -0.05) is 54.6 Å². The van der Waals surface area contributed by atoms with Crippen molar-refractivity contribution in [1.82, 2.24) is 9.97 Å². The summed E-state index contributed by atoms with van der Waals surface area (Å²) in [4.78, 5) is 20.2. The SMILES string of the molecule is COc1ccc(/C=C(/c2ccccc2)c2nc3ccccc3c(=O)[nH]2)cc1. The van der Waals surface area contributed by atoms with Gasteiger partial charge in [-0.3, -0.25) is 4.79 Å². The van der Waals surface area contributed by atoms with Crippen molar-refractivity contribution in [3.8, 4) is 5.75 Å². The molecule has 1 heterocycles. The number of hydrogen-bond acceptors (Lipinski definition) is 3. The first-order chi connectivity index (χ1) is 13.2. The Hall–Kier alpha value is -3.66. The summed E-state index contributed by atoms with van der Waals surface area (Å²) in [5, 5.41) is 0.582. The summed E-state index contributed by atoms with van der Waals surface area (Å²) < 4.78 is 5.23. The molecule has 4 rings (SSSR count). The molecule has 0 fully saturated rings. The minimum absolute atomic E-state index is 0.146. The van der Waals surface area contributed by atoms with Crippen molar-refractivity contribution in [2.75, 3.05) is 7.11 Å². The Bertz CT molecular complexity index is 1160. The van der Waals surface area contributed by atoms with Crippen molar-refractivity contribution in [1.29, 1.82) is 0 Å². The standard InChI is InChI=1S/C23H18N2O2/c1-27-18-13-11-16(12-14-18)15-20(17-7-3-2-4-8-17)22-24-21-10-6-5-9-19(21)23(26)25-22/h2-15H,1H3,(H,24,25,26)/b20-15-. The summed E-state index contributed by atoms with van der Waals surface area (Å²) in [5.41, 5.74) is 3.35. The second kappa shape index (κ2) is 7.30. The lowest BCUT2D eigenvalue weighted by Gasteiger charge is -2.09. The zero-order valence-electron chi connectivity index (χ0n) is 14.8. The fraction of sp³-hybridized carbons (Fsp3) is 0.0435. The number of ether oxygens (including phenoxy) is 1. The molecule has 0 radical (unpaired) electrons. The van der Waals surface area contributed by atoms with E-state index < -0.39 is 0 Å². The maximum absolute atomic E-state index is 12.5. The third-order valence-electron chi connectivity index (χ3n) is 4.38. The Morgan fingerprint density at radius 3 is 2.37 bits per heavy atom. The molecule has 4 nitrogen and oxygen atoms in total. The summed E-state index contributed by atoms with van der Waals surface area (Å²) >= 11 is 0. The lowest BCUT2D eigenvalue weighted by molar-refractivity contribution is 0.415. The van der Waals surface area contributed by atoms with E-state index in [-0.39, 0.29) is 5.56 Å². The molecule has 0 aliphatic carbocycles. The van der Waals surface area contributed by atoms with Crippen LogP contribution in [-0.4, -0.2) is 17.1 Å². The van der Waals surface area contributed by atoms with E-state index in [2.05, 4.69) is 4.98 Å². The van der Waals surface area contributed by atoms with Crippen LogP contribution in [0.15, 0.2) is 83.7 Å². The minimum Gasteiger partial charge on any atom is -0.497 e. The van der Waals surface area contributed by atoms with Crippen LogP contribution in [0, 0.1) is 0 Å². The van der Waals surface area contributed by atoms with Crippen LogP contribution in [-0.2, 0) is 0 Å². The molecule has 0 amide bonds. The summed E-state index contributed by atoms with van der Waals surface area (Å²) in [6.07, 6.45) is 2.02. The number of nitrogens with one attached hydrogen (secondary N) is 1. The number of H-pyrrole nitrogens is 1. The van der Waals surface area contributed by atoms with Gasteiger partial charge in [-0.2, -0.15) is 0 Å². The van der Waals surface area contributed by atoms with E-state index in [4.69, 9.17) is 9.72 Å². The first-order valence-electron chi connectivity index (χ1n) is 8.65. The highest BCUT2D eigenvalue weighted by Crippen LogP contribution is 2.24. The molecule has 0 bridgehead atoms. The monoisotopic (exact) mass is 354 g/mol. The molecule has 3 aromatic carbocycles. The van der Waals surface area contributed by atoms with Gasteiger partial charge in [0.15, 0.2) is 0 Å². The Kier molecular flexibility index (Phi) is 4.54. The number of hydrogen-bond donors (Lipinski definition) is 1. The second-order valence-electron chi connectivity index (χ2n) is 6.13. The topological polar surface area (TPSA) is 55.0 Å². The van der Waals surface area contributed by atoms with Crippen molar-refractivity contribution in [2.24, 2.45) is 0 Å². The van der Waals surface area contributed by atoms with Crippen molar-refractivity contribution >= 4 is 22.6 Å². The molecule has 1 aromatic heterocycles. The Balaban J connectivity index is 1.90. The van der Waals surface area contributed by atoms with Crippen LogP contribution < -0.4 is 10.3 Å². The number of methoxy groups -OCH3 is 1. The van der Waals surface area contributed by atoms with Crippen LogP contribution in [0.1, 0.15) is 17.0 Å². The van der Waals surface area contributed by atoms with Gasteiger partial charge >= 0.3 is 0 Å². The fourth-order valence-electron chi connectivity index (χ4n) is 2.99. The molecule has 0 saturated carbocycles. The predicted molar refractivity (Wildman–Crippen MR) is 109 cm³/mol. The quantitative estimate of drug-likeness (QED) is 0.548. The van der Waals surface area contributed by atoms with Gasteiger partial charge in [0.25, 0.3) is 5.56 Å². The number of fused-ring (bicyclic) bond motifs is 1. The minimum atomic E-state index is -0.146. The van der Waals surface area contributed by atoms with Crippen molar-refractivity contribution in [3.63, 3.8) is 0 Å². The molecule has 0 atom stereocenters. The normalized spacial score (nSPS) is 11.5. The van der Waals surface area contributed by atoms with E-state index in [1.807, 2.05) is 78.9 Å². The highest BCUT2D eigenvalue weighted by molar-refractivity contribution is 5.90. The maximum atomic E-state index is 12.5. The van der Waals surface area contributed by atoms with Gasteiger partial charge < -0.3 is 9.72 Å². The molecule has 4 heteroatoms. The van der Waals surface area contributed by atoms with Gasteiger partial charge in [0.05, 0.1) is 18.0 Å². The van der Waals surface area contributed by atoms with E-state index in [9.17, 15) is 4.79 Å². The fourth-order valence-corrected chi connectivity index (χ4v) is 2.99. The number of para-hydroxylation sites is 1. The number of aromatic nitrogens is 2.